The number of aliphatic carboxylic acids is 1. The third-order valence-electron chi connectivity index (χ3n) is 5.15. The Kier molecular flexibility index (Phi) is 5.56. The highest BCUT2D eigenvalue weighted by atomic mass is 32.2. The molecular formula is C18H25NO5S. The third kappa shape index (κ3) is 3.71. The number of carboxylic acids is 1. The fraction of sp³-hybridized carbons (Fsp3) is 0.556. The maximum atomic E-state index is 13.1. The zero-order valence-electron chi connectivity index (χ0n) is 14.9. The number of sulfone groups is 1. The minimum Gasteiger partial charge on any atom is -0.479 e. The lowest BCUT2D eigenvalue weighted by Gasteiger charge is -2.41. The molecule has 0 heterocycles. The van der Waals surface area contributed by atoms with Crippen LogP contribution in [0.25, 0.3) is 0 Å². The number of amides is 1. The molecule has 0 aromatic heterocycles. The summed E-state index contributed by atoms with van der Waals surface area (Å²) in [7, 11) is -1.94. The Hall–Kier alpha value is -1.89. The van der Waals surface area contributed by atoms with Gasteiger partial charge in [-0.1, -0.05) is 32.3 Å². The molecule has 25 heavy (non-hydrogen) atoms. The van der Waals surface area contributed by atoms with E-state index < -0.39 is 27.3 Å². The predicted octanol–water partition coefficient (Wildman–Crippen LogP) is 2.51. The van der Waals surface area contributed by atoms with Gasteiger partial charge in [0.15, 0.2) is 9.84 Å². The summed E-state index contributed by atoms with van der Waals surface area (Å²) in [6, 6.07) is 4.48. The van der Waals surface area contributed by atoms with Crippen LogP contribution >= 0.6 is 0 Å². The number of hydrogen-bond acceptors (Lipinski definition) is 4. The van der Waals surface area contributed by atoms with E-state index >= 15 is 0 Å². The highest BCUT2D eigenvalue weighted by Gasteiger charge is 2.45. The molecular weight excluding hydrogens is 342 g/mol. The first-order valence-corrected chi connectivity index (χ1v) is 10.4. The number of carbonyl (C=O) groups is 2. The Labute approximate surface area is 148 Å². The highest BCUT2D eigenvalue weighted by Crippen LogP contribution is 2.34. The number of nitrogens with zero attached hydrogens (tertiary/aromatic N) is 1. The van der Waals surface area contributed by atoms with Crippen LogP contribution in [0.4, 0.5) is 0 Å². The first-order chi connectivity index (χ1) is 11.6. The molecule has 1 aromatic rings. The first kappa shape index (κ1) is 19.4. The van der Waals surface area contributed by atoms with Crippen molar-refractivity contribution in [2.45, 2.75) is 55.9 Å². The highest BCUT2D eigenvalue weighted by molar-refractivity contribution is 7.90. The van der Waals surface area contributed by atoms with Gasteiger partial charge in [-0.25, -0.2) is 13.2 Å². The summed E-state index contributed by atoms with van der Waals surface area (Å²) < 4.78 is 23.7. The zero-order chi connectivity index (χ0) is 18.8. The number of carboxylic acid groups (broad SMARTS) is 1. The van der Waals surface area contributed by atoms with Crippen LogP contribution in [0.15, 0.2) is 23.1 Å². The van der Waals surface area contributed by atoms with Crippen molar-refractivity contribution < 1.29 is 23.1 Å². The van der Waals surface area contributed by atoms with Crippen LogP contribution in [0.1, 0.15) is 54.9 Å². The molecule has 1 N–H and O–H groups in total. The third-order valence-corrected chi connectivity index (χ3v) is 6.26. The monoisotopic (exact) mass is 367 g/mol. The first-order valence-electron chi connectivity index (χ1n) is 8.48. The lowest BCUT2D eigenvalue weighted by molar-refractivity contribution is -0.151. The van der Waals surface area contributed by atoms with Crippen molar-refractivity contribution in [1.29, 1.82) is 0 Å². The Balaban J connectivity index is 2.49. The lowest BCUT2D eigenvalue weighted by atomic mass is 9.80. The van der Waals surface area contributed by atoms with E-state index in [0.717, 1.165) is 25.5 Å². The molecule has 0 spiro atoms. The maximum Gasteiger partial charge on any atom is 0.329 e. The quantitative estimate of drug-likeness (QED) is 0.863. The van der Waals surface area contributed by atoms with Gasteiger partial charge >= 0.3 is 5.97 Å². The maximum absolute atomic E-state index is 13.1. The van der Waals surface area contributed by atoms with Crippen LogP contribution in [0.2, 0.25) is 0 Å². The van der Waals surface area contributed by atoms with Crippen LogP contribution in [0.5, 0.6) is 0 Å². The van der Waals surface area contributed by atoms with E-state index in [9.17, 15) is 23.1 Å². The number of rotatable bonds is 5. The van der Waals surface area contributed by atoms with E-state index in [-0.39, 0.29) is 10.5 Å². The summed E-state index contributed by atoms with van der Waals surface area (Å²) in [6.45, 7) is 1.87. The molecule has 1 aliphatic carbocycles. The van der Waals surface area contributed by atoms with Gasteiger partial charge in [0.05, 0.1) is 4.90 Å². The normalized spacial score (nSPS) is 17.1. The van der Waals surface area contributed by atoms with Gasteiger partial charge in [-0.3, -0.25) is 4.79 Å². The van der Waals surface area contributed by atoms with Gasteiger partial charge in [-0.2, -0.15) is 0 Å². The molecule has 1 aromatic carbocycles. The van der Waals surface area contributed by atoms with Crippen molar-refractivity contribution >= 4 is 21.7 Å². The molecule has 0 aliphatic heterocycles. The smallest absolute Gasteiger partial charge is 0.329 e. The summed E-state index contributed by atoms with van der Waals surface area (Å²) in [4.78, 5) is 26.4. The summed E-state index contributed by atoms with van der Waals surface area (Å²) in [5, 5.41) is 9.78. The number of hydrogen-bond donors (Lipinski definition) is 1. The van der Waals surface area contributed by atoms with Crippen molar-refractivity contribution in [3.8, 4) is 0 Å². The van der Waals surface area contributed by atoms with Gasteiger partial charge in [-0.15, -0.1) is 0 Å². The molecule has 1 amide bonds. The topological polar surface area (TPSA) is 91.8 Å². The molecule has 0 radical (unpaired) electrons. The fourth-order valence-electron chi connectivity index (χ4n) is 3.50. The molecule has 0 atom stereocenters. The zero-order valence-corrected chi connectivity index (χ0v) is 15.7. The van der Waals surface area contributed by atoms with E-state index in [1.54, 1.807) is 6.07 Å². The Bertz CT molecular complexity index is 779. The molecule has 6 nitrogen and oxygen atoms in total. The summed E-state index contributed by atoms with van der Waals surface area (Å²) >= 11 is 0. The Morgan fingerprint density at radius 3 is 2.28 bits per heavy atom. The van der Waals surface area contributed by atoms with Crippen LogP contribution < -0.4 is 0 Å². The second-order valence-corrected chi connectivity index (χ2v) is 8.72. The van der Waals surface area contributed by atoms with Crippen LogP contribution in [-0.4, -0.2) is 49.1 Å². The second kappa shape index (κ2) is 7.15. The minimum absolute atomic E-state index is 0.0643. The van der Waals surface area contributed by atoms with Gasteiger partial charge < -0.3 is 10.0 Å². The van der Waals surface area contributed by atoms with Gasteiger partial charge in [0.2, 0.25) is 0 Å². The molecule has 1 saturated carbocycles. The Morgan fingerprint density at radius 1 is 1.20 bits per heavy atom. The number of aryl methyl sites for hydroxylation is 1. The summed E-state index contributed by atoms with van der Waals surface area (Å²) in [5.74, 6) is -1.44. The van der Waals surface area contributed by atoms with E-state index in [4.69, 9.17) is 0 Å². The SMILES string of the molecule is CCc1ccc(S(C)(=O)=O)cc1C(=O)N(C)C1(C(=O)O)CCCCC1. The molecule has 0 saturated heterocycles. The van der Waals surface area contributed by atoms with Gasteiger partial charge in [-0.05, 0) is 37.0 Å². The average molecular weight is 367 g/mol. The standard InChI is InChI=1S/C18H25NO5S/c1-4-13-8-9-14(25(3,23)24)12-15(13)16(20)19(2)18(17(21)22)10-6-5-7-11-18/h8-9,12H,4-7,10-11H2,1-3H3,(H,21,22). The van der Waals surface area contributed by atoms with Gasteiger partial charge in [0, 0.05) is 18.9 Å². The van der Waals surface area contributed by atoms with Gasteiger partial charge in [0.1, 0.15) is 5.54 Å². The second-order valence-electron chi connectivity index (χ2n) is 6.71. The van der Waals surface area contributed by atoms with Crippen LogP contribution in [0.3, 0.4) is 0 Å². The van der Waals surface area contributed by atoms with Crippen molar-refractivity contribution in [1.82, 2.24) is 4.90 Å². The molecule has 2 rings (SSSR count). The van der Waals surface area contributed by atoms with E-state index in [1.807, 2.05) is 6.92 Å². The average Bonchev–Trinajstić information content (AvgIpc) is 2.59. The summed E-state index contributed by atoms with van der Waals surface area (Å²) in [6.07, 6.45) is 4.95. The van der Waals surface area contributed by atoms with Crippen molar-refractivity contribution in [2.24, 2.45) is 0 Å². The fourth-order valence-corrected chi connectivity index (χ4v) is 4.15. The molecule has 0 unspecified atom stereocenters. The van der Waals surface area contributed by atoms with Crippen molar-refractivity contribution in [3.05, 3.63) is 29.3 Å². The minimum atomic E-state index is -3.45. The summed E-state index contributed by atoms with van der Waals surface area (Å²) in [5.41, 5.74) is -0.249. The van der Waals surface area contributed by atoms with Crippen LogP contribution in [0, 0.1) is 0 Å². The number of likely N-dealkylation sites (N-methyl/N-ethyl adjacent to an activating group) is 1. The van der Waals surface area contributed by atoms with Crippen molar-refractivity contribution in [3.63, 3.8) is 0 Å². The van der Waals surface area contributed by atoms with Gasteiger partial charge in [0.25, 0.3) is 5.91 Å². The molecule has 7 heteroatoms. The number of benzene rings is 1. The van der Waals surface area contributed by atoms with E-state index in [0.29, 0.717) is 24.8 Å². The molecule has 1 aliphatic rings. The molecule has 1 fully saturated rings. The molecule has 138 valence electrons. The van der Waals surface area contributed by atoms with Crippen molar-refractivity contribution in [2.75, 3.05) is 13.3 Å². The lowest BCUT2D eigenvalue weighted by Crippen LogP contribution is -2.56. The number of carbonyl (C=O) groups excluding carboxylic acids is 1. The van der Waals surface area contributed by atoms with Crippen LogP contribution in [-0.2, 0) is 21.1 Å². The van der Waals surface area contributed by atoms with E-state index in [1.165, 1.54) is 24.1 Å². The van der Waals surface area contributed by atoms with E-state index in [2.05, 4.69) is 0 Å². The Morgan fingerprint density at radius 2 is 1.80 bits per heavy atom. The molecule has 0 bridgehead atoms. The largest absolute Gasteiger partial charge is 0.479 e. The predicted molar refractivity (Wildman–Crippen MR) is 94.5 cm³/mol.